The average Bonchev–Trinajstić information content (AvgIpc) is 2.72. The van der Waals surface area contributed by atoms with Crippen molar-refractivity contribution in [1.29, 1.82) is 0 Å². The van der Waals surface area contributed by atoms with Crippen LogP contribution in [0.15, 0.2) is 42.5 Å². The first-order valence-corrected chi connectivity index (χ1v) is 11.1. The van der Waals surface area contributed by atoms with Gasteiger partial charge in [0.1, 0.15) is 23.3 Å². The lowest BCUT2D eigenvalue weighted by molar-refractivity contribution is 0.572. The SMILES string of the molecule is CCCCCCCc1ccc2c(c1)CCc1c-2cc(F)c(-c2cc(F)cc(F)c2)c1F. The Balaban J connectivity index is 1.65. The van der Waals surface area contributed by atoms with Crippen LogP contribution in [-0.4, -0.2) is 0 Å². The van der Waals surface area contributed by atoms with Crippen molar-refractivity contribution in [2.45, 2.75) is 58.3 Å². The van der Waals surface area contributed by atoms with Crippen LogP contribution in [0.4, 0.5) is 17.6 Å². The monoisotopic (exact) mass is 426 g/mol. The predicted octanol–water partition coefficient (Wildman–Crippen LogP) is 8.19. The van der Waals surface area contributed by atoms with Crippen LogP contribution < -0.4 is 0 Å². The molecule has 0 spiro atoms. The molecule has 0 saturated heterocycles. The maximum atomic E-state index is 15.3. The standard InChI is InChI=1S/C27H26F4/c1-2-3-4-5-6-7-17-8-10-22-18(12-17)9-11-23-24(22)16-25(30)26(27(23)31)19-13-20(28)15-21(29)14-19/h8,10,12-16H,2-7,9,11H2,1H3. The van der Waals surface area contributed by atoms with E-state index in [1.807, 2.05) is 12.1 Å². The maximum Gasteiger partial charge on any atom is 0.137 e. The highest BCUT2D eigenvalue weighted by Gasteiger charge is 2.25. The van der Waals surface area contributed by atoms with E-state index in [1.54, 1.807) is 0 Å². The smallest absolute Gasteiger partial charge is 0.137 e. The molecule has 0 unspecified atom stereocenters. The van der Waals surface area contributed by atoms with Gasteiger partial charge in [-0.3, -0.25) is 0 Å². The fraction of sp³-hybridized carbons (Fsp3) is 0.333. The Kier molecular flexibility index (Phi) is 6.45. The van der Waals surface area contributed by atoms with E-state index in [0.717, 1.165) is 36.1 Å². The minimum Gasteiger partial charge on any atom is -0.207 e. The van der Waals surface area contributed by atoms with Gasteiger partial charge in [-0.2, -0.15) is 0 Å². The Bertz CT molecular complexity index is 1080. The van der Waals surface area contributed by atoms with E-state index >= 15 is 4.39 Å². The summed E-state index contributed by atoms with van der Waals surface area (Å²) in [6.07, 6.45) is 8.20. The molecule has 0 radical (unpaired) electrons. The zero-order chi connectivity index (χ0) is 22.0. The summed E-state index contributed by atoms with van der Waals surface area (Å²) in [4.78, 5) is 0. The van der Waals surface area contributed by atoms with Crippen molar-refractivity contribution in [3.8, 4) is 22.3 Å². The van der Waals surface area contributed by atoms with Crippen LogP contribution in [0.3, 0.4) is 0 Å². The molecule has 0 aromatic heterocycles. The normalized spacial score (nSPS) is 12.5. The molecule has 31 heavy (non-hydrogen) atoms. The Morgan fingerprint density at radius 1 is 0.742 bits per heavy atom. The number of halogens is 4. The van der Waals surface area contributed by atoms with Gasteiger partial charge in [0, 0.05) is 6.07 Å². The summed E-state index contributed by atoms with van der Waals surface area (Å²) in [6.45, 7) is 2.20. The largest absolute Gasteiger partial charge is 0.207 e. The second kappa shape index (κ2) is 9.25. The molecule has 0 N–H and O–H groups in total. The highest BCUT2D eigenvalue weighted by molar-refractivity contribution is 5.78. The second-order valence-corrected chi connectivity index (χ2v) is 8.39. The van der Waals surface area contributed by atoms with Crippen molar-refractivity contribution in [3.63, 3.8) is 0 Å². The van der Waals surface area contributed by atoms with E-state index in [9.17, 15) is 13.2 Å². The summed E-state index contributed by atoms with van der Waals surface area (Å²) in [5.74, 6) is -3.27. The topological polar surface area (TPSA) is 0 Å². The van der Waals surface area contributed by atoms with Crippen LogP contribution in [0.1, 0.15) is 55.7 Å². The summed E-state index contributed by atoms with van der Waals surface area (Å²) in [5, 5.41) is 0. The molecule has 0 bridgehead atoms. The highest BCUT2D eigenvalue weighted by atomic mass is 19.1. The van der Waals surface area contributed by atoms with Gasteiger partial charge in [0.05, 0.1) is 5.56 Å². The lowest BCUT2D eigenvalue weighted by atomic mass is 9.82. The molecule has 0 saturated carbocycles. The maximum absolute atomic E-state index is 15.3. The summed E-state index contributed by atoms with van der Waals surface area (Å²) < 4.78 is 57.5. The predicted molar refractivity (Wildman–Crippen MR) is 117 cm³/mol. The van der Waals surface area contributed by atoms with Crippen LogP contribution >= 0.6 is 0 Å². The zero-order valence-corrected chi connectivity index (χ0v) is 17.7. The molecule has 1 aliphatic rings. The third-order valence-electron chi connectivity index (χ3n) is 6.14. The Morgan fingerprint density at radius 2 is 1.48 bits per heavy atom. The molecule has 1 aliphatic carbocycles. The van der Waals surface area contributed by atoms with Crippen molar-refractivity contribution in [3.05, 3.63) is 82.4 Å². The van der Waals surface area contributed by atoms with Gasteiger partial charge in [-0.15, -0.1) is 0 Å². The molecular weight excluding hydrogens is 400 g/mol. The molecule has 4 rings (SSSR count). The Labute approximate surface area is 180 Å². The summed E-state index contributed by atoms with van der Waals surface area (Å²) >= 11 is 0. The lowest BCUT2D eigenvalue weighted by Gasteiger charge is -2.23. The van der Waals surface area contributed by atoms with Gasteiger partial charge in [0.15, 0.2) is 0 Å². The van der Waals surface area contributed by atoms with E-state index in [4.69, 9.17) is 0 Å². The van der Waals surface area contributed by atoms with Gasteiger partial charge in [-0.25, -0.2) is 17.6 Å². The Hall–Kier alpha value is -2.62. The minimum absolute atomic E-state index is 0.125. The Morgan fingerprint density at radius 3 is 2.23 bits per heavy atom. The third kappa shape index (κ3) is 4.53. The molecule has 0 amide bonds. The molecule has 162 valence electrons. The lowest BCUT2D eigenvalue weighted by Crippen LogP contribution is -2.09. The molecular formula is C27H26F4. The molecule has 4 heteroatoms. The fourth-order valence-electron chi connectivity index (χ4n) is 4.57. The summed E-state index contributed by atoms with van der Waals surface area (Å²) in [7, 11) is 0. The van der Waals surface area contributed by atoms with Gasteiger partial charge in [-0.05, 0) is 77.3 Å². The third-order valence-corrected chi connectivity index (χ3v) is 6.14. The first kappa shape index (κ1) is 21.6. The van der Waals surface area contributed by atoms with Gasteiger partial charge >= 0.3 is 0 Å². The number of benzene rings is 3. The molecule has 0 atom stereocenters. The number of hydrogen-bond donors (Lipinski definition) is 0. The van der Waals surface area contributed by atoms with Gasteiger partial charge in [-0.1, -0.05) is 50.8 Å². The van der Waals surface area contributed by atoms with E-state index in [-0.39, 0.29) is 11.1 Å². The van der Waals surface area contributed by atoms with Crippen molar-refractivity contribution in [2.75, 3.05) is 0 Å². The number of aryl methyl sites for hydroxylation is 2. The van der Waals surface area contributed by atoms with E-state index in [1.165, 1.54) is 37.3 Å². The number of hydrogen-bond acceptors (Lipinski definition) is 0. The quantitative estimate of drug-likeness (QED) is 0.264. The number of rotatable bonds is 7. The van der Waals surface area contributed by atoms with E-state index < -0.39 is 23.3 Å². The molecule has 0 fully saturated rings. The van der Waals surface area contributed by atoms with E-state index in [0.29, 0.717) is 30.0 Å². The minimum atomic E-state index is -0.862. The summed E-state index contributed by atoms with van der Waals surface area (Å²) in [5.41, 5.74) is 3.63. The van der Waals surface area contributed by atoms with Gasteiger partial charge < -0.3 is 0 Å². The van der Waals surface area contributed by atoms with Crippen molar-refractivity contribution in [1.82, 2.24) is 0 Å². The highest BCUT2D eigenvalue weighted by Crippen LogP contribution is 2.40. The van der Waals surface area contributed by atoms with E-state index in [2.05, 4.69) is 13.0 Å². The first-order chi connectivity index (χ1) is 15.0. The number of unbranched alkanes of at least 4 members (excludes halogenated alkanes) is 4. The first-order valence-electron chi connectivity index (χ1n) is 11.1. The van der Waals surface area contributed by atoms with Crippen molar-refractivity contribution >= 4 is 0 Å². The van der Waals surface area contributed by atoms with Crippen LogP contribution in [0.25, 0.3) is 22.3 Å². The number of fused-ring (bicyclic) bond motifs is 3. The van der Waals surface area contributed by atoms with Crippen LogP contribution in [0.2, 0.25) is 0 Å². The van der Waals surface area contributed by atoms with Crippen LogP contribution in [0, 0.1) is 23.3 Å². The van der Waals surface area contributed by atoms with Gasteiger partial charge in [0.2, 0.25) is 0 Å². The molecule has 0 nitrogen and oxygen atoms in total. The molecule has 0 heterocycles. The fourth-order valence-corrected chi connectivity index (χ4v) is 4.57. The molecule has 3 aromatic carbocycles. The zero-order valence-electron chi connectivity index (χ0n) is 17.7. The van der Waals surface area contributed by atoms with Crippen LogP contribution in [0.5, 0.6) is 0 Å². The molecule has 0 aliphatic heterocycles. The second-order valence-electron chi connectivity index (χ2n) is 8.39. The van der Waals surface area contributed by atoms with Gasteiger partial charge in [0.25, 0.3) is 0 Å². The molecule has 3 aromatic rings. The van der Waals surface area contributed by atoms with Crippen molar-refractivity contribution in [2.24, 2.45) is 0 Å². The average molecular weight is 426 g/mol. The van der Waals surface area contributed by atoms with Crippen LogP contribution in [-0.2, 0) is 19.3 Å². The van der Waals surface area contributed by atoms with Crippen molar-refractivity contribution < 1.29 is 17.6 Å². The summed E-state index contributed by atoms with van der Waals surface area (Å²) in [6, 6.07) is 10.1.